The van der Waals surface area contributed by atoms with Crippen molar-refractivity contribution in [2.45, 2.75) is 13.0 Å². The van der Waals surface area contributed by atoms with E-state index in [9.17, 15) is 4.79 Å². The number of hydrogen-bond donors (Lipinski definition) is 1. The molecule has 2 heterocycles. The molecule has 0 aliphatic carbocycles. The summed E-state index contributed by atoms with van der Waals surface area (Å²) in [6.45, 7) is 0.497. The third kappa shape index (κ3) is 4.20. The first-order valence-corrected chi connectivity index (χ1v) is 11.0. The van der Waals surface area contributed by atoms with Gasteiger partial charge in [0.2, 0.25) is 11.8 Å². The molecule has 0 spiro atoms. The first-order valence-electron chi connectivity index (χ1n) is 10.2. The molecule has 0 fully saturated rings. The molecular weight excluding hydrogens is 468 g/mol. The fourth-order valence-corrected chi connectivity index (χ4v) is 4.07. The number of fused-ring (bicyclic) bond motifs is 1. The highest BCUT2D eigenvalue weighted by Crippen LogP contribution is 2.22. The van der Waals surface area contributed by atoms with E-state index >= 15 is 0 Å². The smallest absolute Gasteiger partial charge is 0.254 e. The molecule has 32 heavy (non-hydrogen) atoms. The second kappa shape index (κ2) is 8.80. The van der Waals surface area contributed by atoms with E-state index in [0.29, 0.717) is 24.1 Å². The molecule has 0 bridgehead atoms. The maximum atomic E-state index is 13.3. The number of carbonyl (C=O) groups is 1. The minimum Gasteiger partial charge on any atom is -0.461 e. The zero-order chi connectivity index (χ0) is 21.9. The van der Waals surface area contributed by atoms with Gasteiger partial charge in [0.05, 0.1) is 12.7 Å². The summed E-state index contributed by atoms with van der Waals surface area (Å²) in [6.07, 6.45) is 1.76. The predicted molar refractivity (Wildman–Crippen MR) is 127 cm³/mol. The molecular formula is C25H19BrN4O2. The first kappa shape index (κ1) is 20.2. The van der Waals surface area contributed by atoms with Crippen LogP contribution >= 0.6 is 15.9 Å². The van der Waals surface area contributed by atoms with E-state index in [1.165, 1.54) is 4.68 Å². The van der Waals surface area contributed by atoms with E-state index in [4.69, 9.17) is 4.42 Å². The second-order valence-corrected chi connectivity index (χ2v) is 8.26. The summed E-state index contributed by atoms with van der Waals surface area (Å²) in [6, 6.07) is 25.5. The van der Waals surface area contributed by atoms with Crippen molar-refractivity contribution >= 4 is 38.6 Å². The van der Waals surface area contributed by atoms with Crippen molar-refractivity contribution in [1.29, 1.82) is 0 Å². The standard InChI is InChI=1S/C25H19BrN4O2/c26-20-10-3-6-17(14-20)16-27-25-28-24(22-12-5-13-32-22)29-30(25)23(31)15-19-9-4-8-18-7-1-2-11-21(18)19/h1-14H,15-16H2,(H,27,28,29). The number of nitrogens with one attached hydrogen (secondary N) is 1. The topological polar surface area (TPSA) is 73.0 Å². The van der Waals surface area contributed by atoms with Gasteiger partial charge < -0.3 is 9.73 Å². The van der Waals surface area contributed by atoms with E-state index in [-0.39, 0.29) is 12.3 Å². The molecule has 0 saturated heterocycles. The van der Waals surface area contributed by atoms with Crippen molar-refractivity contribution in [3.05, 3.63) is 101 Å². The average molecular weight is 487 g/mol. The number of carbonyl (C=O) groups excluding carboxylic acids is 1. The molecule has 0 radical (unpaired) electrons. The summed E-state index contributed by atoms with van der Waals surface area (Å²) in [7, 11) is 0. The van der Waals surface area contributed by atoms with Crippen LogP contribution in [0.1, 0.15) is 15.9 Å². The van der Waals surface area contributed by atoms with E-state index in [0.717, 1.165) is 26.4 Å². The van der Waals surface area contributed by atoms with Gasteiger partial charge in [-0.25, -0.2) is 0 Å². The molecule has 2 aromatic heterocycles. The number of nitrogens with zero attached hydrogens (tertiary/aromatic N) is 3. The van der Waals surface area contributed by atoms with Crippen LogP contribution in [0.2, 0.25) is 0 Å². The second-order valence-electron chi connectivity index (χ2n) is 7.34. The molecule has 7 heteroatoms. The van der Waals surface area contributed by atoms with Crippen molar-refractivity contribution in [3.8, 4) is 11.6 Å². The van der Waals surface area contributed by atoms with E-state index in [1.54, 1.807) is 18.4 Å². The minimum atomic E-state index is -0.177. The van der Waals surface area contributed by atoms with Crippen molar-refractivity contribution < 1.29 is 9.21 Å². The normalized spacial score (nSPS) is 11.0. The number of hydrogen-bond acceptors (Lipinski definition) is 5. The molecule has 1 N–H and O–H groups in total. The molecule has 0 atom stereocenters. The number of furan rings is 1. The number of benzene rings is 3. The Morgan fingerprint density at radius 2 is 1.84 bits per heavy atom. The molecule has 5 aromatic rings. The molecule has 0 saturated carbocycles. The van der Waals surface area contributed by atoms with Crippen LogP contribution in [0.15, 0.2) is 94.0 Å². The lowest BCUT2D eigenvalue weighted by Gasteiger charge is -2.09. The van der Waals surface area contributed by atoms with E-state index in [2.05, 4.69) is 31.3 Å². The van der Waals surface area contributed by atoms with Crippen LogP contribution in [-0.4, -0.2) is 20.7 Å². The Morgan fingerprint density at radius 1 is 1.00 bits per heavy atom. The Kier molecular flexibility index (Phi) is 5.56. The van der Waals surface area contributed by atoms with E-state index in [1.807, 2.05) is 66.7 Å². The lowest BCUT2D eigenvalue weighted by Crippen LogP contribution is -2.18. The zero-order valence-corrected chi connectivity index (χ0v) is 18.6. The molecule has 0 aliphatic heterocycles. The Balaban J connectivity index is 1.46. The zero-order valence-electron chi connectivity index (χ0n) is 17.0. The van der Waals surface area contributed by atoms with Crippen molar-refractivity contribution in [2.75, 3.05) is 5.32 Å². The molecule has 0 unspecified atom stereocenters. The highest BCUT2D eigenvalue weighted by Gasteiger charge is 2.19. The summed E-state index contributed by atoms with van der Waals surface area (Å²) >= 11 is 3.49. The SMILES string of the molecule is O=C(Cc1cccc2ccccc12)n1nc(-c2ccco2)nc1NCc1cccc(Br)c1. The summed E-state index contributed by atoms with van der Waals surface area (Å²) in [5.74, 6) is 1.07. The fraction of sp³-hybridized carbons (Fsp3) is 0.0800. The Bertz CT molecular complexity index is 1390. The summed E-state index contributed by atoms with van der Waals surface area (Å²) in [5, 5.41) is 9.85. The molecule has 0 amide bonds. The highest BCUT2D eigenvalue weighted by molar-refractivity contribution is 9.10. The fourth-order valence-electron chi connectivity index (χ4n) is 3.62. The van der Waals surface area contributed by atoms with E-state index < -0.39 is 0 Å². The predicted octanol–water partition coefficient (Wildman–Crippen LogP) is 5.95. The quantitative estimate of drug-likeness (QED) is 0.321. The monoisotopic (exact) mass is 486 g/mol. The van der Waals surface area contributed by atoms with Crippen LogP contribution < -0.4 is 5.32 Å². The van der Waals surface area contributed by atoms with Crippen LogP contribution in [0, 0.1) is 0 Å². The summed E-state index contributed by atoms with van der Waals surface area (Å²) in [5.41, 5.74) is 2.00. The molecule has 3 aromatic carbocycles. The lowest BCUT2D eigenvalue weighted by atomic mass is 10.0. The number of anilines is 1. The Labute approximate surface area is 193 Å². The van der Waals surface area contributed by atoms with Gasteiger partial charge in [0, 0.05) is 11.0 Å². The van der Waals surface area contributed by atoms with Crippen LogP contribution in [0.3, 0.4) is 0 Å². The van der Waals surface area contributed by atoms with Crippen LogP contribution in [0.4, 0.5) is 5.95 Å². The van der Waals surface area contributed by atoms with Gasteiger partial charge in [0.25, 0.3) is 5.91 Å². The molecule has 158 valence electrons. The summed E-state index contributed by atoms with van der Waals surface area (Å²) in [4.78, 5) is 17.8. The molecule has 6 nitrogen and oxygen atoms in total. The number of aromatic nitrogens is 3. The molecule has 0 aliphatic rings. The van der Waals surface area contributed by atoms with Gasteiger partial charge in [-0.2, -0.15) is 9.67 Å². The third-order valence-corrected chi connectivity index (χ3v) is 5.64. The largest absolute Gasteiger partial charge is 0.461 e. The maximum absolute atomic E-state index is 13.3. The highest BCUT2D eigenvalue weighted by atomic mass is 79.9. The van der Waals surface area contributed by atoms with Crippen molar-refractivity contribution in [1.82, 2.24) is 14.8 Å². The van der Waals surface area contributed by atoms with Crippen LogP contribution in [0.5, 0.6) is 0 Å². The number of halogens is 1. The minimum absolute atomic E-state index is 0.177. The van der Waals surface area contributed by atoms with Crippen molar-refractivity contribution in [3.63, 3.8) is 0 Å². The first-order chi connectivity index (χ1) is 15.7. The van der Waals surface area contributed by atoms with Crippen molar-refractivity contribution in [2.24, 2.45) is 0 Å². The van der Waals surface area contributed by atoms with Gasteiger partial charge in [0.1, 0.15) is 0 Å². The van der Waals surface area contributed by atoms with Gasteiger partial charge >= 0.3 is 0 Å². The lowest BCUT2D eigenvalue weighted by molar-refractivity contribution is 0.0901. The Morgan fingerprint density at radius 3 is 2.69 bits per heavy atom. The number of rotatable bonds is 6. The van der Waals surface area contributed by atoms with Gasteiger partial charge in [0.15, 0.2) is 5.76 Å². The van der Waals surface area contributed by atoms with Crippen LogP contribution in [-0.2, 0) is 13.0 Å². The van der Waals surface area contributed by atoms with Gasteiger partial charge in [-0.3, -0.25) is 4.79 Å². The molecule has 5 rings (SSSR count). The third-order valence-electron chi connectivity index (χ3n) is 5.15. The van der Waals surface area contributed by atoms with Gasteiger partial charge in [-0.1, -0.05) is 70.5 Å². The van der Waals surface area contributed by atoms with Gasteiger partial charge in [-0.15, -0.1) is 5.10 Å². The average Bonchev–Trinajstić information content (AvgIpc) is 3.48. The van der Waals surface area contributed by atoms with Gasteiger partial charge in [-0.05, 0) is 46.2 Å². The summed E-state index contributed by atoms with van der Waals surface area (Å²) < 4.78 is 7.76. The maximum Gasteiger partial charge on any atom is 0.254 e. The van der Waals surface area contributed by atoms with Crippen LogP contribution in [0.25, 0.3) is 22.4 Å². The Hall–Kier alpha value is -3.71.